The minimum Gasteiger partial charge on any atom is -0.345 e. The van der Waals surface area contributed by atoms with E-state index in [1.54, 1.807) is 12.4 Å². The number of anilines is 1. The Kier molecular flexibility index (Phi) is 4.20. The number of hydrogen-bond acceptors (Lipinski definition) is 5. The van der Waals surface area contributed by atoms with Crippen molar-refractivity contribution >= 4 is 28.1 Å². The molecular weight excluding hydrogens is 371 g/mol. The number of pyridine rings is 1. The maximum absolute atomic E-state index is 12.4. The Hall–Kier alpha value is -3.17. The number of fused-ring (bicyclic) bond motifs is 2. The van der Waals surface area contributed by atoms with E-state index in [1.165, 1.54) is 6.20 Å². The van der Waals surface area contributed by atoms with Gasteiger partial charge in [0, 0.05) is 41.1 Å². The molecule has 0 saturated carbocycles. The van der Waals surface area contributed by atoms with Crippen molar-refractivity contribution in [3.63, 3.8) is 0 Å². The van der Waals surface area contributed by atoms with E-state index < -0.39 is 12.7 Å². The highest BCUT2D eigenvalue weighted by Crippen LogP contribution is 2.30. The number of rotatable bonds is 4. The standard InChI is InChI=1S/C18H18F3N7/c1-9(2)28-10(3)26-16-14(28)4-11(5-22-16)12-6-23-15-13(12)7-24-17(27-15)25-8-18(19,20)21/h4-7,9H,8H2,1-3H3,(H2,23,24,25,27). The number of aromatic nitrogens is 6. The number of alkyl halides is 3. The third kappa shape index (κ3) is 3.25. The molecule has 2 N–H and O–H groups in total. The van der Waals surface area contributed by atoms with Crippen molar-refractivity contribution in [1.29, 1.82) is 0 Å². The van der Waals surface area contributed by atoms with E-state index in [2.05, 4.69) is 48.7 Å². The lowest BCUT2D eigenvalue weighted by atomic mass is 10.1. The number of imidazole rings is 1. The molecule has 146 valence electrons. The average molecular weight is 389 g/mol. The summed E-state index contributed by atoms with van der Waals surface area (Å²) in [5, 5.41) is 2.88. The van der Waals surface area contributed by atoms with E-state index in [9.17, 15) is 13.2 Å². The number of aryl methyl sites for hydroxylation is 1. The van der Waals surface area contributed by atoms with Crippen molar-refractivity contribution < 1.29 is 13.2 Å². The molecule has 0 unspecified atom stereocenters. The van der Waals surface area contributed by atoms with E-state index >= 15 is 0 Å². The van der Waals surface area contributed by atoms with Gasteiger partial charge in [-0.15, -0.1) is 0 Å². The summed E-state index contributed by atoms with van der Waals surface area (Å²) in [6, 6.07) is 2.23. The van der Waals surface area contributed by atoms with Crippen molar-refractivity contribution in [3.05, 3.63) is 30.5 Å². The predicted octanol–water partition coefficient (Wildman–Crippen LogP) is 4.23. The van der Waals surface area contributed by atoms with Crippen LogP contribution in [-0.4, -0.2) is 42.2 Å². The molecule has 7 nitrogen and oxygen atoms in total. The number of halogens is 3. The second-order valence-electron chi connectivity index (χ2n) is 6.82. The van der Waals surface area contributed by atoms with Gasteiger partial charge in [-0.1, -0.05) is 0 Å². The molecule has 4 aromatic heterocycles. The lowest BCUT2D eigenvalue weighted by Crippen LogP contribution is -2.22. The zero-order valence-corrected chi connectivity index (χ0v) is 15.5. The zero-order valence-electron chi connectivity index (χ0n) is 15.5. The van der Waals surface area contributed by atoms with Gasteiger partial charge in [-0.25, -0.2) is 15.0 Å². The molecule has 0 radical (unpaired) electrons. The topological polar surface area (TPSA) is 84.3 Å². The summed E-state index contributed by atoms with van der Waals surface area (Å²) in [7, 11) is 0. The quantitative estimate of drug-likeness (QED) is 0.546. The second-order valence-corrected chi connectivity index (χ2v) is 6.82. The van der Waals surface area contributed by atoms with Gasteiger partial charge >= 0.3 is 6.18 Å². The Morgan fingerprint density at radius 1 is 1.18 bits per heavy atom. The number of nitrogens with zero attached hydrogens (tertiary/aromatic N) is 5. The van der Waals surface area contributed by atoms with E-state index in [1.807, 2.05) is 13.0 Å². The second kappa shape index (κ2) is 6.47. The van der Waals surface area contributed by atoms with Gasteiger partial charge in [-0.05, 0) is 26.8 Å². The summed E-state index contributed by atoms with van der Waals surface area (Å²) in [4.78, 5) is 20.1. The fourth-order valence-electron chi connectivity index (χ4n) is 3.30. The molecule has 28 heavy (non-hydrogen) atoms. The van der Waals surface area contributed by atoms with Crippen molar-refractivity contribution in [2.45, 2.75) is 33.0 Å². The first-order chi connectivity index (χ1) is 13.2. The minimum atomic E-state index is -4.34. The Morgan fingerprint density at radius 2 is 1.96 bits per heavy atom. The molecule has 4 heterocycles. The molecule has 4 rings (SSSR count). The van der Waals surface area contributed by atoms with Crippen LogP contribution < -0.4 is 5.32 Å². The predicted molar refractivity (Wildman–Crippen MR) is 100 cm³/mol. The smallest absolute Gasteiger partial charge is 0.345 e. The molecule has 0 aliphatic carbocycles. The molecule has 0 bridgehead atoms. The molecule has 0 fully saturated rings. The number of hydrogen-bond donors (Lipinski definition) is 2. The molecule has 4 aromatic rings. The SMILES string of the molecule is Cc1nc2ncc(-c3c[nH]c4nc(NCC(F)(F)F)ncc34)cc2n1C(C)C. The largest absolute Gasteiger partial charge is 0.405 e. The van der Waals surface area contributed by atoms with E-state index in [4.69, 9.17) is 0 Å². The molecule has 0 aliphatic heterocycles. The number of aromatic amines is 1. The van der Waals surface area contributed by atoms with Crippen molar-refractivity contribution in [3.8, 4) is 11.1 Å². The fourth-order valence-corrected chi connectivity index (χ4v) is 3.30. The van der Waals surface area contributed by atoms with Crippen LogP contribution in [0, 0.1) is 6.92 Å². The van der Waals surface area contributed by atoms with Gasteiger partial charge in [0.1, 0.15) is 18.0 Å². The molecule has 0 atom stereocenters. The van der Waals surface area contributed by atoms with Crippen LogP contribution >= 0.6 is 0 Å². The van der Waals surface area contributed by atoms with Crippen LogP contribution in [0.3, 0.4) is 0 Å². The first-order valence-corrected chi connectivity index (χ1v) is 8.72. The maximum Gasteiger partial charge on any atom is 0.405 e. The van der Waals surface area contributed by atoms with Gasteiger partial charge < -0.3 is 14.9 Å². The van der Waals surface area contributed by atoms with Crippen molar-refractivity contribution in [2.75, 3.05) is 11.9 Å². The van der Waals surface area contributed by atoms with Gasteiger partial charge in [-0.2, -0.15) is 18.2 Å². The fraction of sp³-hybridized carbons (Fsp3) is 0.333. The summed E-state index contributed by atoms with van der Waals surface area (Å²) < 4.78 is 39.2. The molecule has 0 amide bonds. The average Bonchev–Trinajstić information content (AvgIpc) is 3.18. The molecule has 0 aliphatic rings. The van der Waals surface area contributed by atoms with Crippen LogP contribution in [0.4, 0.5) is 19.1 Å². The Morgan fingerprint density at radius 3 is 2.68 bits per heavy atom. The first kappa shape index (κ1) is 18.2. The lowest BCUT2D eigenvalue weighted by molar-refractivity contribution is -0.115. The summed E-state index contributed by atoms with van der Waals surface area (Å²) in [5.74, 6) is 0.803. The van der Waals surface area contributed by atoms with Crippen LogP contribution in [0.25, 0.3) is 33.3 Å². The number of nitrogens with one attached hydrogen (secondary N) is 2. The lowest BCUT2D eigenvalue weighted by Gasteiger charge is -2.11. The highest BCUT2D eigenvalue weighted by atomic mass is 19.4. The van der Waals surface area contributed by atoms with E-state index in [0.29, 0.717) is 16.7 Å². The molecule has 0 saturated heterocycles. The van der Waals surface area contributed by atoms with Crippen molar-refractivity contribution in [2.24, 2.45) is 0 Å². The van der Waals surface area contributed by atoms with Crippen LogP contribution in [-0.2, 0) is 0 Å². The van der Waals surface area contributed by atoms with E-state index in [-0.39, 0.29) is 12.0 Å². The van der Waals surface area contributed by atoms with Crippen molar-refractivity contribution in [1.82, 2.24) is 29.5 Å². The first-order valence-electron chi connectivity index (χ1n) is 8.72. The Labute approximate surface area is 158 Å². The van der Waals surface area contributed by atoms with Gasteiger partial charge in [0.05, 0.1) is 5.52 Å². The normalized spacial score (nSPS) is 12.4. The summed E-state index contributed by atoms with van der Waals surface area (Å²) in [5.41, 5.74) is 3.71. The van der Waals surface area contributed by atoms with Gasteiger partial charge in [-0.3, -0.25) is 0 Å². The molecular formula is C18H18F3N7. The molecule has 0 spiro atoms. The molecule has 10 heteroatoms. The Bertz CT molecular complexity index is 1160. The monoisotopic (exact) mass is 389 g/mol. The highest BCUT2D eigenvalue weighted by molar-refractivity contribution is 5.95. The zero-order chi connectivity index (χ0) is 20.1. The third-order valence-electron chi connectivity index (χ3n) is 4.43. The molecule has 0 aromatic carbocycles. The maximum atomic E-state index is 12.4. The third-order valence-corrected chi connectivity index (χ3v) is 4.43. The van der Waals surface area contributed by atoms with Crippen LogP contribution in [0.15, 0.2) is 24.7 Å². The van der Waals surface area contributed by atoms with Crippen LogP contribution in [0.1, 0.15) is 25.7 Å². The van der Waals surface area contributed by atoms with Gasteiger partial charge in [0.15, 0.2) is 5.65 Å². The summed E-state index contributed by atoms with van der Waals surface area (Å²) in [6.45, 7) is 4.91. The van der Waals surface area contributed by atoms with E-state index in [0.717, 1.165) is 22.5 Å². The van der Waals surface area contributed by atoms with Crippen LogP contribution in [0.5, 0.6) is 0 Å². The summed E-state index contributed by atoms with van der Waals surface area (Å²) in [6.07, 6.45) is 0.635. The van der Waals surface area contributed by atoms with Crippen LogP contribution in [0.2, 0.25) is 0 Å². The number of H-pyrrole nitrogens is 1. The summed E-state index contributed by atoms with van der Waals surface area (Å²) >= 11 is 0. The van der Waals surface area contributed by atoms with Gasteiger partial charge in [0.25, 0.3) is 0 Å². The minimum absolute atomic E-state index is 0.0830. The van der Waals surface area contributed by atoms with Gasteiger partial charge in [0.2, 0.25) is 5.95 Å². The Balaban J connectivity index is 1.74. The highest BCUT2D eigenvalue weighted by Gasteiger charge is 2.27.